The summed E-state index contributed by atoms with van der Waals surface area (Å²) in [5, 5.41) is 10.9. The number of nitrogens with zero attached hydrogens (tertiary/aromatic N) is 1. The summed E-state index contributed by atoms with van der Waals surface area (Å²) in [6.45, 7) is 0.671. The minimum atomic E-state index is -3.18. The summed E-state index contributed by atoms with van der Waals surface area (Å²) >= 11 is 0. The Morgan fingerprint density at radius 3 is 2.46 bits per heavy atom. The minimum absolute atomic E-state index is 0.0330. The van der Waals surface area contributed by atoms with Gasteiger partial charge in [0.25, 0.3) is 5.69 Å². The molecule has 0 saturated carbocycles. The first kappa shape index (κ1) is 17.9. The first-order chi connectivity index (χ1) is 11.3. The van der Waals surface area contributed by atoms with E-state index in [4.69, 9.17) is 4.74 Å². The largest absolute Gasteiger partial charge is 0.494 e. The van der Waals surface area contributed by atoms with Gasteiger partial charge in [-0.1, -0.05) is 24.3 Å². The lowest BCUT2D eigenvalue weighted by Crippen LogP contribution is -2.24. The van der Waals surface area contributed by atoms with Crippen molar-refractivity contribution in [3.05, 3.63) is 58.6 Å². The van der Waals surface area contributed by atoms with E-state index in [-0.39, 0.29) is 5.69 Å². The highest BCUT2D eigenvalue weighted by Gasteiger charge is 2.07. The van der Waals surface area contributed by atoms with Gasteiger partial charge in [-0.3, -0.25) is 10.1 Å². The van der Waals surface area contributed by atoms with Crippen LogP contribution in [0.25, 0.3) is 11.1 Å². The molecule has 2 rings (SSSR count). The van der Waals surface area contributed by atoms with Gasteiger partial charge in [-0.25, -0.2) is 13.1 Å². The number of rotatable bonds is 8. The van der Waals surface area contributed by atoms with Crippen molar-refractivity contribution in [3.63, 3.8) is 0 Å². The molecule has 24 heavy (non-hydrogen) atoms. The molecule has 128 valence electrons. The van der Waals surface area contributed by atoms with Gasteiger partial charge < -0.3 is 4.74 Å². The Morgan fingerprint density at radius 2 is 1.79 bits per heavy atom. The summed E-state index contributed by atoms with van der Waals surface area (Å²) in [7, 11) is -3.18. The number of ether oxygens (including phenoxy) is 1. The second-order valence-electron chi connectivity index (χ2n) is 5.20. The van der Waals surface area contributed by atoms with Crippen LogP contribution in [0.3, 0.4) is 0 Å². The number of hydrogen-bond donors (Lipinski definition) is 1. The fourth-order valence-electron chi connectivity index (χ4n) is 2.08. The second-order valence-corrected chi connectivity index (χ2v) is 7.04. The monoisotopic (exact) mass is 350 g/mol. The Hall–Kier alpha value is -2.45. The van der Waals surface area contributed by atoms with Gasteiger partial charge >= 0.3 is 0 Å². The van der Waals surface area contributed by atoms with E-state index >= 15 is 0 Å². The minimum Gasteiger partial charge on any atom is -0.494 e. The third-order valence-corrected chi connectivity index (χ3v) is 3.91. The van der Waals surface area contributed by atoms with Crippen LogP contribution in [-0.2, 0) is 10.0 Å². The number of benzene rings is 2. The molecule has 0 amide bonds. The lowest BCUT2D eigenvalue weighted by molar-refractivity contribution is -0.384. The average Bonchev–Trinajstić information content (AvgIpc) is 2.54. The molecule has 2 aromatic rings. The van der Waals surface area contributed by atoms with E-state index in [9.17, 15) is 18.5 Å². The maximum atomic E-state index is 10.9. The van der Waals surface area contributed by atoms with E-state index < -0.39 is 14.9 Å². The number of non-ortho nitro benzene ring substituents is 1. The van der Waals surface area contributed by atoms with Crippen LogP contribution in [0, 0.1) is 10.1 Å². The maximum absolute atomic E-state index is 10.9. The van der Waals surface area contributed by atoms with Crippen molar-refractivity contribution in [2.45, 2.75) is 6.42 Å². The molecule has 0 aliphatic heterocycles. The van der Waals surface area contributed by atoms with E-state index in [1.165, 1.54) is 12.1 Å². The fourth-order valence-corrected chi connectivity index (χ4v) is 2.60. The summed E-state index contributed by atoms with van der Waals surface area (Å²) in [5.41, 5.74) is 1.57. The zero-order valence-corrected chi connectivity index (χ0v) is 14.0. The molecular formula is C16H18N2O5S. The third-order valence-electron chi connectivity index (χ3n) is 3.18. The Morgan fingerprint density at radius 1 is 1.12 bits per heavy atom. The van der Waals surface area contributed by atoms with Crippen LogP contribution in [0.15, 0.2) is 48.5 Å². The summed E-state index contributed by atoms with van der Waals surface area (Å²) in [5.74, 6) is 0.623. The lowest BCUT2D eigenvalue weighted by Gasteiger charge is -2.08. The summed E-state index contributed by atoms with van der Waals surface area (Å²) in [6.07, 6.45) is 1.64. The number of sulfonamides is 1. The molecule has 0 heterocycles. The van der Waals surface area contributed by atoms with E-state index in [0.717, 1.165) is 17.4 Å². The van der Waals surface area contributed by atoms with Crippen molar-refractivity contribution in [2.24, 2.45) is 0 Å². The van der Waals surface area contributed by atoms with E-state index in [0.29, 0.717) is 25.3 Å². The molecule has 0 fully saturated rings. The standard InChI is InChI=1S/C16H18N2O5S/c1-24(21,22)17-9-4-10-23-16-8-3-6-14(12-16)13-5-2-7-15(11-13)18(19)20/h2-3,5-8,11-12,17H,4,9-10H2,1H3. The van der Waals surface area contributed by atoms with Crippen molar-refractivity contribution in [3.8, 4) is 16.9 Å². The van der Waals surface area contributed by atoms with Crippen molar-refractivity contribution in [2.75, 3.05) is 19.4 Å². The molecule has 0 aliphatic carbocycles. The van der Waals surface area contributed by atoms with Crippen LogP contribution in [0.5, 0.6) is 5.75 Å². The molecule has 0 saturated heterocycles. The molecule has 8 heteroatoms. The van der Waals surface area contributed by atoms with Crippen LogP contribution < -0.4 is 9.46 Å². The molecular weight excluding hydrogens is 332 g/mol. The number of nitro benzene ring substituents is 1. The van der Waals surface area contributed by atoms with Crippen LogP contribution in [0.2, 0.25) is 0 Å². The van der Waals surface area contributed by atoms with Crippen LogP contribution in [-0.4, -0.2) is 32.7 Å². The Labute approximate surface area is 140 Å². The molecule has 0 atom stereocenters. The number of nitrogens with one attached hydrogen (secondary N) is 1. The maximum Gasteiger partial charge on any atom is 0.270 e. The predicted molar refractivity (Wildman–Crippen MR) is 91.5 cm³/mol. The molecule has 0 unspecified atom stereocenters. The van der Waals surface area contributed by atoms with E-state index in [2.05, 4.69) is 4.72 Å². The zero-order chi connectivity index (χ0) is 17.6. The molecule has 0 aromatic heterocycles. The van der Waals surface area contributed by atoms with Gasteiger partial charge in [0.05, 0.1) is 17.8 Å². The van der Waals surface area contributed by atoms with Gasteiger partial charge in [-0.2, -0.15) is 0 Å². The fraction of sp³-hybridized carbons (Fsp3) is 0.250. The van der Waals surface area contributed by atoms with Crippen molar-refractivity contribution >= 4 is 15.7 Å². The van der Waals surface area contributed by atoms with Gasteiger partial charge in [0.2, 0.25) is 10.0 Å². The quantitative estimate of drug-likeness (QED) is 0.448. The molecule has 0 spiro atoms. The second kappa shape index (κ2) is 7.89. The van der Waals surface area contributed by atoms with Gasteiger partial charge in [0.1, 0.15) is 5.75 Å². The highest BCUT2D eigenvalue weighted by Crippen LogP contribution is 2.26. The summed E-state index contributed by atoms with van der Waals surface area (Å²) in [4.78, 5) is 10.4. The molecule has 1 N–H and O–H groups in total. The Kier molecular flexibility index (Phi) is 5.88. The van der Waals surface area contributed by atoms with E-state index in [1.807, 2.05) is 6.07 Å². The smallest absolute Gasteiger partial charge is 0.270 e. The van der Waals surface area contributed by atoms with Crippen LogP contribution in [0.1, 0.15) is 6.42 Å². The number of hydrogen-bond acceptors (Lipinski definition) is 5. The zero-order valence-electron chi connectivity index (χ0n) is 13.1. The SMILES string of the molecule is CS(=O)(=O)NCCCOc1cccc(-c2cccc([N+](=O)[O-])c2)c1. The summed E-state index contributed by atoms with van der Waals surface area (Å²) < 4.78 is 29.9. The van der Waals surface area contributed by atoms with Crippen LogP contribution >= 0.6 is 0 Å². The first-order valence-corrected chi connectivity index (χ1v) is 9.16. The topological polar surface area (TPSA) is 98.5 Å². The lowest BCUT2D eigenvalue weighted by atomic mass is 10.1. The molecule has 2 aromatic carbocycles. The average molecular weight is 350 g/mol. The predicted octanol–water partition coefficient (Wildman–Crippen LogP) is 2.58. The van der Waals surface area contributed by atoms with Gasteiger partial charge in [0, 0.05) is 18.7 Å². The normalized spacial score (nSPS) is 11.2. The molecule has 0 radical (unpaired) electrons. The first-order valence-electron chi connectivity index (χ1n) is 7.27. The molecule has 0 bridgehead atoms. The number of nitro groups is 1. The van der Waals surface area contributed by atoms with Gasteiger partial charge in [0.15, 0.2) is 0 Å². The van der Waals surface area contributed by atoms with Gasteiger partial charge in [-0.05, 0) is 29.7 Å². The summed E-state index contributed by atoms with van der Waals surface area (Å²) in [6, 6.07) is 13.6. The molecule has 7 nitrogen and oxygen atoms in total. The third kappa shape index (κ3) is 5.64. The Bertz CT molecular complexity index is 821. The van der Waals surface area contributed by atoms with Crippen molar-refractivity contribution in [1.29, 1.82) is 0 Å². The highest BCUT2D eigenvalue weighted by molar-refractivity contribution is 7.88. The van der Waals surface area contributed by atoms with E-state index in [1.54, 1.807) is 30.3 Å². The Balaban J connectivity index is 1.99. The van der Waals surface area contributed by atoms with Crippen molar-refractivity contribution < 1.29 is 18.1 Å². The van der Waals surface area contributed by atoms with Gasteiger partial charge in [-0.15, -0.1) is 0 Å². The molecule has 0 aliphatic rings. The van der Waals surface area contributed by atoms with Crippen LogP contribution in [0.4, 0.5) is 5.69 Å². The van der Waals surface area contributed by atoms with Crippen molar-refractivity contribution in [1.82, 2.24) is 4.72 Å². The highest BCUT2D eigenvalue weighted by atomic mass is 32.2.